The summed E-state index contributed by atoms with van der Waals surface area (Å²) >= 11 is 6.07. The van der Waals surface area contributed by atoms with E-state index in [-0.39, 0.29) is 24.0 Å². The molecule has 0 aliphatic carbocycles. The first-order valence-electron chi connectivity index (χ1n) is 9.73. The van der Waals surface area contributed by atoms with Crippen molar-refractivity contribution in [1.82, 2.24) is 14.5 Å². The fourth-order valence-electron chi connectivity index (χ4n) is 3.07. The monoisotopic (exact) mass is 451 g/mol. The highest BCUT2D eigenvalue weighted by Crippen LogP contribution is 2.21. The summed E-state index contributed by atoms with van der Waals surface area (Å²) in [4.78, 5) is 14.7. The Hall–Kier alpha value is -2.13. The first-order chi connectivity index (χ1) is 14.3. The second-order valence-electron chi connectivity index (χ2n) is 7.25. The van der Waals surface area contributed by atoms with E-state index in [0.29, 0.717) is 42.5 Å². The lowest BCUT2D eigenvalue weighted by Crippen LogP contribution is -2.47. The predicted octanol–water partition coefficient (Wildman–Crippen LogP) is 2.39. The van der Waals surface area contributed by atoms with E-state index in [1.54, 1.807) is 18.2 Å². The minimum Gasteiger partial charge on any atom is -0.492 e. The van der Waals surface area contributed by atoms with E-state index in [1.165, 1.54) is 16.4 Å². The summed E-state index contributed by atoms with van der Waals surface area (Å²) in [5.41, 5.74) is 1.26. The second kappa shape index (κ2) is 9.78. The maximum absolute atomic E-state index is 12.9. The van der Waals surface area contributed by atoms with Crippen molar-refractivity contribution in [1.29, 1.82) is 0 Å². The molecule has 1 amide bonds. The van der Waals surface area contributed by atoms with Crippen LogP contribution in [0.15, 0.2) is 47.4 Å². The number of hydrogen-bond donors (Lipinski definition) is 1. The zero-order valence-electron chi connectivity index (χ0n) is 17.1. The van der Waals surface area contributed by atoms with Crippen LogP contribution >= 0.6 is 11.6 Å². The van der Waals surface area contributed by atoms with Gasteiger partial charge in [-0.25, -0.2) is 8.42 Å². The molecule has 0 unspecified atom stereocenters. The van der Waals surface area contributed by atoms with Crippen LogP contribution in [0.1, 0.15) is 15.9 Å². The first kappa shape index (κ1) is 22.6. The molecule has 162 valence electrons. The van der Waals surface area contributed by atoms with E-state index in [1.807, 2.05) is 26.1 Å². The highest BCUT2D eigenvalue weighted by molar-refractivity contribution is 7.89. The average Bonchev–Trinajstić information content (AvgIpc) is 2.74. The van der Waals surface area contributed by atoms with Gasteiger partial charge in [-0.15, -0.1) is 0 Å². The Morgan fingerprint density at radius 2 is 1.87 bits per heavy atom. The van der Waals surface area contributed by atoms with Gasteiger partial charge < -0.3 is 15.0 Å². The first-order valence-corrected chi connectivity index (χ1v) is 11.5. The number of carbonyl (C=O) groups is 1. The number of carbonyl (C=O) groups excluding carboxylic acids is 1. The van der Waals surface area contributed by atoms with Crippen molar-refractivity contribution < 1.29 is 17.9 Å². The topological polar surface area (TPSA) is 78.9 Å². The lowest BCUT2D eigenvalue weighted by Gasteiger charge is -2.31. The molecule has 1 saturated heterocycles. The Kier molecular flexibility index (Phi) is 7.36. The summed E-state index contributed by atoms with van der Waals surface area (Å²) in [5, 5.41) is 3.37. The van der Waals surface area contributed by atoms with Gasteiger partial charge in [0.2, 0.25) is 10.0 Å². The third-order valence-electron chi connectivity index (χ3n) is 5.00. The van der Waals surface area contributed by atoms with Gasteiger partial charge in [-0.3, -0.25) is 4.79 Å². The van der Waals surface area contributed by atoms with Gasteiger partial charge in [0.25, 0.3) is 5.91 Å². The molecule has 1 N–H and O–H groups in total. The molecule has 0 radical (unpaired) electrons. The van der Waals surface area contributed by atoms with Crippen LogP contribution < -0.4 is 10.1 Å². The normalized spacial score (nSPS) is 15.7. The van der Waals surface area contributed by atoms with Crippen molar-refractivity contribution >= 4 is 27.5 Å². The fourth-order valence-corrected chi connectivity index (χ4v) is 4.71. The molecule has 2 aromatic carbocycles. The standard InChI is InChI=1S/C21H26ClN3O4S/c1-16-6-7-18(15-20(16)22)29-13-8-23-21(26)17-4-3-5-19(14-17)30(27,28)25-11-9-24(2)10-12-25/h3-7,14-15H,8-13H2,1-2H3,(H,23,26). The van der Waals surface area contributed by atoms with E-state index < -0.39 is 10.0 Å². The minimum absolute atomic E-state index is 0.130. The molecule has 30 heavy (non-hydrogen) atoms. The van der Waals surface area contributed by atoms with Crippen molar-refractivity contribution in [2.24, 2.45) is 0 Å². The molecule has 0 spiro atoms. The summed E-state index contributed by atoms with van der Waals surface area (Å²) in [6.45, 7) is 4.71. The zero-order valence-corrected chi connectivity index (χ0v) is 18.7. The van der Waals surface area contributed by atoms with Crippen molar-refractivity contribution in [3.05, 3.63) is 58.6 Å². The number of sulfonamides is 1. The Morgan fingerprint density at radius 1 is 1.13 bits per heavy atom. The van der Waals surface area contributed by atoms with Gasteiger partial charge in [-0.1, -0.05) is 23.7 Å². The Morgan fingerprint density at radius 3 is 2.57 bits per heavy atom. The summed E-state index contributed by atoms with van der Waals surface area (Å²) in [6, 6.07) is 11.5. The molecule has 0 atom stereocenters. The molecular weight excluding hydrogens is 426 g/mol. The van der Waals surface area contributed by atoms with Gasteiger partial charge in [0, 0.05) is 36.8 Å². The van der Waals surface area contributed by atoms with Crippen molar-refractivity contribution in [3.63, 3.8) is 0 Å². The second-order valence-corrected chi connectivity index (χ2v) is 9.60. The highest BCUT2D eigenvalue weighted by Gasteiger charge is 2.27. The maximum Gasteiger partial charge on any atom is 0.251 e. The summed E-state index contributed by atoms with van der Waals surface area (Å²) in [7, 11) is -1.66. The van der Waals surface area contributed by atoms with Gasteiger partial charge in [0.15, 0.2) is 0 Å². The van der Waals surface area contributed by atoms with E-state index in [9.17, 15) is 13.2 Å². The molecule has 3 rings (SSSR count). The van der Waals surface area contributed by atoms with Gasteiger partial charge >= 0.3 is 0 Å². The third kappa shape index (κ3) is 5.51. The highest BCUT2D eigenvalue weighted by atomic mass is 35.5. The molecule has 1 aliphatic rings. The van der Waals surface area contributed by atoms with E-state index in [0.717, 1.165) is 5.56 Å². The van der Waals surface area contributed by atoms with E-state index >= 15 is 0 Å². The number of amides is 1. The summed E-state index contributed by atoms with van der Waals surface area (Å²) in [5.74, 6) is 0.274. The molecule has 1 heterocycles. The number of hydrogen-bond acceptors (Lipinski definition) is 5. The van der Waals surface area contributed by atoms with E-state index in [2.05, 4.69) is 10.2 Å². The van der Waals surface area contributed by atoms with Crippen molar-refractivity contribution in [2.75, 3.05) is 46.4 Å². The number of ether oxygens (including phenoxy) is 1. The lowest BCUT2D eigenvalue weighted by atomic mass is 10.2. The van der Waals surface area contributed by atoms with Crippen LogP contribution in [-0.4, -0.2) is 69.9 Å². The largest absolute Gasteiger partial charge is 0.492 e. The zero-order chi connectivity index (χ0) is 21.7. The number of aryl methyl sites for hydroxylation is 1. The minimum atomic E-state index is -3.62. The number of benzene rings is 2. The van der Waals surface area contributed by atoms with Gasteiger partial charge in [0.05, 0.1) is 11.4 Å². The van der Waals surface area contributed by atoms with Crippen molar-refractivity contribution in [2.45, 2.75) is 11.8 Å². The number of piperazine rings is 1. The van der Waals surface area contributed by atoms with Crippen LogP contribution in [0.4, 0.5) is 0 Å². The molecule has 2 aromatic rings. The van der Waals surface area contributed by atoms with Crippen LogP contribution in [0.25, 0.3) is 0 Å². The van der Waals surface area contributed by atoms with Crippen LogP contribution in [0.3, 0.4) is 0 Å². The molecule has 0 saturated carbocycles. The molecule has 9 heteroatoms. The van der Waals surface area contributed by atoms with Crippen LogP contribution in [-0.2, 0) is 10.0 Å². The van der Waals surface area contributed by atoms with E-state index in [4.69, 9.17) is 16.3 Å². The third-order valence-corrected chi connectivity index (χ3v) is 7.30. The Balaban J connectivity index is 1.57. The molecule has 1 aliphatic heterocycles. The maximum atomic E-state index is 12.9. The quantitative estimate of drug-likeness (QED) is 0.654. The lowest BCUT2D eigenvalue weighted by molar-refractivity contribution is 0.0946. The van der Waals surface area contributed by atoms with Crippen LogP contribution in [0.2, 0.25) is 5.02 Å². The predicted molar refractivity (Wildman–Crippen MR) is 117 cm³/mol. The number of halogens is 1. The Labute approximate surface area is 182 Å². The summed E-state index contributed by atoms with van der Waals surface area (Å²) in [6.07, 6.45) is 0. The van der Waals surface area contributed by atoms with Crippen molar-refractivity contribution in [3.8, 4) is 5.75 Å². The van der Waals surface area contributed by atoms with Gasteiger partial charge in [-0.05, 0) is 49.9 Å². The molecule has 1 fully saturated rings. The molecular formula is C21H26ClN3O4S. The molecule has 0 bridgehead atoms. The smallest absolute Gasteiger partial charge is 0.251 e. The fraction of sp³-hybridized carbons (Fsp3) is 0.381. The average molecular weight is 452 g/mol. The van der Waals surface area contributed by atoms with Gasteiger partial charge in [0.1, 0.15) is 12.4 Å². The number of likely N-dealkylation sites (N-methyl/N-ethyl adjacent to an activating group) is 1. The number of nitrogens with zero attached hydrogens (tertiary/aromatic N) is 2. The van der Waals surface area contributed by atoms with Crippen LogP contribution in [0.5, 0.6) is 5.75 Å². The number of nitrogens with one attached hydrogen (secondary N) is 1. The SMILES string of the molecule is Cc1ccc(OCCNC(=O)c2cccc(S(=O)(=O)N3CCN(C)CC3)c2)cc1Cl. The molecule has 0 aromatic heterocycles. The summed E-state index contributed by atoms with van der Waals surface area (Å²) < 4.78 is 32.8. The molecule has 7 nitrogen and oxygen atoms in total. The van der Waals surface area contributed by atoms with Gasteiger partial charge in [-0.2, -0.15) is 4.31 Å². The number of rotatable bonds is 7. The van der Waals surface area contributed by atoms with Crippen LogP contribution in [0, 0.1) is 6.92 Å². The Bertz CT molecular complexity index is 1010.